The van der Waals surface area contributed by atoms with Crippen LogP contribution in [-0.2, 0) is 0 Å². The van der Waals surface area contributed by atoms with Gasteiger partial charge in [0, 0.05) is 12.1 Å². The number of hydrogen-bond acceptors (Lipinski definition) is 7. The third-order valence-corrected chi connectivity index (χ3v) is 5.64. The second-order valence-electron chi connectivity index (χ2n) is 7.74. The number of aromatic hydroxyl groups is 1. The number of piperidine rings is 1. The molecule has 1 aromatic heterocycles. The van der Waals surface area contributed by atoms with Crippen LogP contribution in [0.2, 0.25) is 0 Å². The maximum Gasteiger partial charge on any atom is 0.200 e. The predicted octanol–water partition coefficient (Wildman–Crippen LogP) is 3.64. The van der Waals surface area contributed by atoms with Crippen molar-refractivity contribution >= 4 is 11.6 Å². The molecule has 4 N–H and O–H groups in total. The largest absolute Gasteiger partial charge is 0.507 e. The average molecular weight is 428 g/mol. The summed E-state index contributed by atoms with van der Waals surface area (Å²) in [6.45, 7) is 1.50. The summed E-state index contributed by atoms with van der Waals surface area (Å²) >= 11 is 0. The zero-order valence-electron chi connectivity index (χ0n) is 17.5. The van der Waals surface area contributed by atoms with Crippen LogP contribution in [0.5, 0.6) is 11.5 Å². The molecule has 0 spiro atoms. The molecule has 32 heavy (non-hydrogen) atoms. The summed E-state index contributed by atoms with van der Waals surface area (Å²) in [7, 11) is 0. The Bertz CT molecular complexity index is 1170. The van der Waals surface area contributed by atoms with Crippen molar-refractivity contribution in [3.8, 4) is 28.8 Å². The number of pyridine rings is 1. The van der Waals surface area contributed by atoms with E-state index in [2.05, 4.69) is 16.4 Å². The van der Waals surface area contributed by atoms with Crippen LogP contribution in [0.15, 0.2) is 54.6 Å². The van der Waals surface area contributed by atoms with Gasteiger partial charge in [0.2, 0.25) is 0 Å². The van der Waals surface area contributed by atoms with Gasteiger partial charge in [0.25, 0.3) is 0 Å². The van der Waals surface area contributed by atoms with Crippen molar-refractivity contribution in [2.45, 2.75) is 18.8 Å². The highest BCUT2D eigenvalue weighted by Crippen LogP contribution is 2.40. The van der Waals surface area contributed by atoms with E-state index in [1.807, 2.05) is 6.07 Å². The third kappa shape index (κ3) is 4.41. The van der Waals surface area contributed by atoms with E-state index >= 15 is 0 Å². The Labute approximate surface area is 186 Å². The maximum absolute atomic E-state index is 12.5. The SMILES string of the molecule is N#Cc1c(C2CCCNC2)cc(-c2c(O)cccc2OCC(=O)c2ccccc2)nc1N. The number of carbonyl (C=O) groups excluding carboxylic acids is 1. The van der Waals surface area contributed by atoms with Gasteiger partial charge in [-0.3, -0.25) is 4.79 Å². The highest BCUT2D eigenvalue weighted by molar-refractivity contribution is 5.97. The lowest BCUT2D eigenvalue weighted by molar-refractivity contribution is 0.0921. The van der Waals surface area contributed by atoms with E-state index in [1.54, 1.807) is 42.5 Å². The number of nitrogens with two attached hydrogens (primary N) is 1. The molecule has 0 aliphatic carbocycles. The number of rotatable bonds is 6. The minimum Gasteiger partial charge on any atom is -0.507 e. The molecular formula is C25H24N4O3. The van der Waals surface area contributed by atoms with E-state index in [9.17, 15) is 15.2 Å². The normalized spacial score (nSPS) is 15.7. The van der Waals surface area contributed by atoms with Gasteiger partial charge in [0.1, 0.15) is 23.4 Å². The number of phenolic OH excluding ortho intramolecular Hbond substituents is 1. The van der Waals surface area contributed by atoms with Crippen LogP contribution < -0.4 is 15.8 Å². The monoisotopic (exact) mass is 428 g/mol. The average Bonchev–Trinajstić information content (AvgIpc) is 2.83. The lowest BCUT2D eigenvalue weighted by Crippen LogP contribution is -2.29. The van der Waals surface area contributed by atoms with Crippen LogP contribution in [0.4, 0.5) is 5.82 Å². The fourth-order valence-electron chi connectivity index (χ4n) is 4.02. The highest BCUT2D eigenvalue weighted by Gasteiger charge is 2.24. The van der Waals surface area contributed by atoms with Crippen molar-refractivity contribution in [3.63, 3.8) is 0 Å². The van der Waals surface area contributed by atoms with Gasteiger partial charge in [-0.05, 0) is 49.1 Å². The first-order valence-corrected chi connectivity index (χ1v) is 10.5. The van der Waals surface area contributed by atoms with E-state index < -0.39 is 0 Å². The fraction of sp³-hybridized carbons (Fsp3) is 0.240. The Morgan fingerprint density at radius 2 is 2.06 bits per heavy atom. The van der Waals surface area contributed by atoms with E-state index in [0.29, 0.717) is 28.1 Å². The van der Waals surface area contributed by atoms with Crippen molar-refractivity contribution in [3.05, 3.63) is 71.3 Å². The number of nitriles is 1. The molecule has 0 amide bonds. The Morgan fingerprint density at radius 3 is 2.78 bits per heavy atom. The van der Waals surface area contributed by atoms with E-state index in [1.165, 1.54) is 6.07 Å². The summed E-state index contributed by atoms with van der Waals surface area (Å²) in [6.07, 6.45) is 1.93. The minimum absolute atomic E-state index is 0.0426. The van der Waals surface area contributed by atoms with E-state index in [4.69, 9.17) is 10.5 Å². The number of nitrogens with one attached hydrogen (secondary N) is 1. The number of Topliss-reactive ketones (excluding diaryl/α,β-unsaturated/α-hetero) is 1. The molecule has 7 nitrogen and oxygen atoms in total. The van der Waals surface area contributed by atoms with Gasteiger partial charge in [-0.15, -0.1) is 0 Å². The van der Waals surface area contributed by atoms with Gasteiger partial charge < -0.3 is 20.9 Å². The fourth-order valence-corrected chi connectivity index (χ4v) is 4.02. The summed E-state index contributed by atoms with van der Waals surface area (Å²) in [6, 6.07) is 17.7. The number of ketones is 1. The van der Waals surface area contributed by atoms with Crippen LogP contribution in [0.3, 0.4) is 0 Å². The zero-order valence-corrected chi connectivity index (χ0v) is 17.5. The molecule has 1 fully saturated rings. The first kappa shape index (κ1) is 21.3. The number of phenols is 1. The number of anilines is 1. The molecule has 0 saturated carbocycles. The van der Waals surface area contributed by atoms with Crippen LogP contribution in [-0.4, -0.2) is 35.6 Å². The topological polar surface area (TPSA) is 121 Å². The molecule has 1 unspecified atom stereocenters. The number of nitrogen functional groups attached to an aromatic ring is 1. The Hall–Kier alpha value is -3.89. The molecule has 3 aromatic rings. The third-order valence-electron chi connectivity index (χ3n) is 5.64. The van der Waals surface area contributed by atoms with Crippen molar-refractivity contribution in [1.29, 1.82) is 5.26 Å². The molecular weight excluding hydrogens is 404 g/mol. The van der Waals surface area contributed by atoms with Crippen molar-refractivity contribution < 1.29 is 14.6 Å². The number of nitrogens with zero attached hydrogens (tertiary/aromatic N) is 2. The van der Waals surface area contributed by atoms with Crippen molar-refractivity contribution in [2.24, 2.45) is 0 Å². The number of aromatic nitrogens is 1. The summed E-state index contributed by atoms with van der Waals surface area (Å²) < 4.78 is 5.80. The Morgan fingerprint density at radius 1 is 1.25 bits per heavy atom. The summed E-state index contributed by atoms with van der Waals surface area (Å²) in [4.78, 5) is 16.9. The van der Waals surface area contributed by atoms with Crippen LogP contribution in [0.1, 0.15) is 40.2 Å². The lowest BCUT2D eigenvalue weighted by atomic mass is 9.88. The highest BCUT2D eigenvalue weighted by atomic mass is 16.5. The summed E-state index contributed by atoms with van der Waals surface area (Å²) in [5.41, 5.74) is 8.60. The summed E-state index contributed by atoms with van der Waals surface area (Å²) in [5.74, 6) is 0.330. The van der Waals surface area contributed by atoms with Crippen molar-refractivity contribution in [1.82, 2.24) is 10.3 Å². The number of ether oxygens (including phenoxy) is 1. The first-order chi connectivity index (χ1) is 15.6. The molecule has 0 bridgehead atoms. The minimum atomic E-state index is -0.189. The van der Waals surface area contributed by atoms with Gasteiger partial charge in [-0.1, -0.05) is 36.4 Å². The first-order valence-electron chi connectivity index (χ1n) is 10.5. The molecule has 0 radical (unpaired) electrons. The molecule has 4 rings (SSSR count). The Kier molecular flexibility index (Phi) is 6.34. The van der Waals surface area contributed by atoms with E-state index in [0.717, 1.165) is 31.5 Å². The van der Waals surface area contributed by atoms with Gasteiger partial charge >= 0.3 is 0 Å². The predicted molar refractivity (Wildman–Crippen MR) is 122 cm³/mol. The van der Waals surface area contributed by atoms with Crippen LogP contribution in [0.25, 0.3) is 11.3 Å². The smallest absolute Gasteiger partial charge is 0.200 e. The van der Waals surface area contributed by atoms with Gasteiger partial charge in [-0.2, -0.15) is 5.26 Å². The molecule has 162 valence electrons. The molecule has 1 atom stereocenters. The number of hydrogen-bond donors (Lipinski definition) is 3. The standard InChI is InChI=1S/C25H24N4O3/c26-13-19-18(17-8-5-11-28-14-17)12-20(29-25(19)27)24-21(30)9-4-10-23(24)32-15-22(31)16-6-2-1-3-7-16/h1-4,6-7,9-10,12,17,28,30H,5,8,11,14-15H2,(H2,27,29). The molecule has 7 heteroatoms. The zero-order chi connectivity index (χ0) is 22.5. The Balaban J connectivity index is 1.70. The van der Waals surface area contributed by atoms with Crippen LogP contribution in [0, 0.1) is 11.3 Å². The molecule has 2 aromatic carbocycles. The van der Waals surface area contributed by atoms with Crippen LogP contribution >= 0.6 is 0 Å². The van der Waals surface area contributed by atoms with E-state index in [-0.39, 0.29) is 29.9 Å². The van der Waals surface area contributed by atoms with Gasteiger partial charge in [0.15, 0.2) is 12.4 Å². The quantitative estimate of drug-likeness (QED) is 0.513. The second kappa shape index (κ2) is 9.50. The summed E-state index contributed by atoms with van der Waals surface area (Å²) in [5, 5.41) is 23.6. The maximum atomic E-state index is 12.5. The second-order valence-corrected chi connectivity index (χ2v) is 7.74. The molecule has 2 heterocycles. The lowest BCUT2D eigenvalue weighted by Gasteiger charge is -2.25. The van der Waals surface area contributed by atoms with Crippen molar-refractivity contribution in [2.75, 3.05) is 25.4 Å². The number of carbonyl (C=O) groups is 1. The molecule has 1 aliphatic heterocycles. The van der Waals surface area contributed by atoms with Gasteiger partial charge in [0.05, 0.1) is 16.8 Å². The van der Waals surface area contributed by atoms with Gasteiger partial charge in [-0.25, -0.2) is 4.98 Å². The molecule has 1 aliphatic rings. The molecule has 1 saturated heterocycles. The number of benzene rings is 2.